The Labute approximate surface area is 173 Å². The van der Waals surface area contributed by atoms with Gasteiger partial charge in [0, 0.05) is 25.4 Å². The lowest BCUT2D eigenvalue weighted by atomic mass is 10.0. The van der Waals surface area contributed by atoms with Crippen LogP contribution in [-0.2, 0) is 11.2 Å². The van der Waals surface area contributed by atoms with Gasteiger partial charge in [-0.05, 0) is 60.6 Å². The third-order valence-electron chi connectivity index (χ3n) is 6.02. The molecule has 1 aliphatic heterocycles. The van der Waals surface area contributed by atoms with E-state index in [1.807, 2.05) is 35.2 Å². The van der Waals surface area contributed by atoms with E-state index >= 15 is 0 Å². The van der Waals surface area contributed by atoms with Crippen LogP contribution in [-0.4, -0.2) is 38.7 Å². The second kappa shape index (κ2) is 7.55. The van der Waals surface area contributed by atoms with Crippen molar-refractivity contribution in [2.24, 2.45) is 11.8 Å². The van der Waals surface area contributed by atoms with Crippen LogP contribution in [0.4, 0.5) is 4.39 Å². The average molecular weight is 406 g/mol. The number of carbonyl (C=O) groups excluding carboxylic acids is 1. The minimum absolute atomic E-state index is 0.240. The lowest BCUT2D eigenvalue weighted by Crippen LogP contribution is -2.30. The molecular formula is C23H23FN4O2. The van der Waals surface area contributed by atoms with Crippen LogP contribution in [0, 0.1) is 17.7 Å². The van der Waals surface area contributed by atoms with Crippen molar-refractivity contribution in [1.29, 1.82) is 0 Å². The summed E-state index contributed by atoms with van der Waals surface area (Å²) in [5.74, 6) is 1.21. The van der Waals surface area contributed by atoms with E-state index in [1.165, 1.54) is 12.1 Å². The molecule has 0 radical (unpaired) electrons. The number of aromatic amines is 1. The van der Waals surface area contributed by atoms with Gasteiger partial charge in [-0.3, -0.25) is 4.79 Å². The highest BCUT2D eigenvalue weighted by molar-refractivity contribution is 5.81. The molecule has 1 amide bonds. The molecule has 1 unspecified atom stereocenters. The Kier molecular flexibility index (Phi) is 4.73. The van der Waals surface area contributed by atoms with Crippen molar-refractivity contribution in [2.75, 3.05) is 13.1 Å². The molecule has 3 aromatic rings. The zero-order valence-electron chi connectivity index (χ0n) is 16.6. The zero-order chi connectivity index (χ0) is 20.7. The highest BCUT2D eigenvalue weighted by Gasteiger charge is 2.36. The molecule has 0 spiro atoms. The van der Waals surface area contributed by atoms with E-state index in [0.717, 1.165) is 43.5 Å². The van der Waals surface area contributed by atoms with Gasteiger partial charge in [-0.25, -0.2) is 18.9 Å². The molecule has 0 bridgehead atoms. The van der Waals surface area contributed by atoms with Crippen LogP contribution in [0.2, 0.25) is 0 Å². The van der Waals surface area contributed by atoms with Crippen molar-refractivity contribution in [3.63, 3.8) is 0 Å². The fourth-order valence-electron chi connectivity index (χ4n) is 4.25. The van der Waals surface area contributed by atoms with Gasteiger partial charge in [-0.15, -0.1) is 0 Å². The maximum Gasteiger partial charge on any atom is 0.347 e. The summed E-state index contributed by atoms with van der Waals surface area (Å²) >= 11 is 0. The number of rotatable bonds is 5. The van der Waals surface area contributed by atoms with E-state index in [4.69, 9.17) is 0 Å². The first-order chi connectivity index (χ1) is 14.6. The molecule has 1 saturated heterocycles. The second-order valence-corrected chi connectivity index (χ2v) is 8.25. The highest BCUT2D eigenvalue weighted by atomic mass is 19.1. The van der Waals surface area contributed by atoms with Gasteiger partial charge < -0.3 is 4.90 Å². The molecule has 1 aliphatic carbocycles. The van der Waals surface area contributed by atoms with Gasteiger partial charge in [0.1, 0.15) is 11.6 Å². The summed E-state index contributed by atoms with van der Waals surface area (Å²) in [4.78, 5) is 26.7. The number of amides is 1. The zero-order valence-corrected chi connectivity index (χ0v) is 16.6. The molecule has 1 N–H and O–H groups in total. The van der Waals surface area contributed by atoms with Crippen molar-refractivity contribution in [3.05, 3.63) is 70.7 Å². The summed E-state index contributed by atoms with van der Waals surface area (Å²) in [5, 5.41) is 6.79. The molecule has 2 heterocycles. The maximum absolute atomic E-state index is 13.5. The monoisotopic (exact) mass is 406 g/mol. The van der Waals surface area contributed by atoms with Crippen LogP contribution in [0.1, 0.15) is 25.1 Å². The molecule has 2 aromatic carbocycles. The minimum atomic E-state index is -0.285. The first-order valence-corrected chi connectivity index (χ1v) is 10.4. The smallest absolute Gasteiger partial charge is 0.342 e. The van der Waals surface area contributed by atoms with Gasteiger partial charge >= 0.3 is 5.69 Å². The summed E-state index contributed by atoms with van der Waals surface area (Å²) in [6.45, 7) is 1.52. The number of H-pyrrole nitrogens is 1. The quantitative estimate of drug-likeness (QED) is 0.708. The van der Waals surface area contributed by atoms with Gasteiger partial charge in [-0.1, -0.05) is 24.3 Å². The van der Waals surface area contributed by atoms with E-state index in [0.29, 0.717) is 23.9 Å². The Bertz CT molecular complexity index is 1130. The van der Waals surface area contributed by atoms with E-state index in [-0.39, 0.29) is 23.3 Å². The Morgan fingerprint density at radius 2 is 1.90 bits per heavy atom. The molecule has 1 atom stereocenters. The topological polar surface area (TPSA) is 71.0 Å². The van der Waals surface area contributed by atoms with Gasteiger partial charge in [0.2, 0.25) is 5.91 Å². The number of carbonyl (C=O) groups is 1. The third-order valence-corrected chi connectivity index (χ3v) is 6.02. The Hall–Kier alpha value is -3.22. The standard InChI is InChI=1S/C23H23FN4O2/c24-19-3-1-2-18(13-19)16-6-8-20(9-7-16)28-21(25-26-23(28)30)12-15-10-11-27(14-15)22(29)17-4-5-17/h1-3,6-9,13,15,17H,4-5,10-12,14H2,(H,26,30). The number of aromatic nitrogens is 3. The summed E-state index contributed by atoms with van der Waals surface area (Å²) in [6, 6.07) is 13.9. The van der Waals surface area contributed by atoms with Crippen LogP contribution in [0.3, 0.4) is 0 Å². The summed E-state index contributed by atoms with van der Waals surface area (Å²) in [6.07, 6.45) is 3.60. The lowest BCUT2D eigenvalue weighted by molar-refractivity contribution is -0.131. The van der Waals surface area contributed by atoms with Crippen LogP contribution >= 0.6 is 0 Å². The summed E-state index contributed by atoms with van der Waals surface area (Å²) in [7, 11) is 0. The SMILES string of the molecule is O=C(C1CC1)N1CCC(Cc2n[nH]c(=O)n2-c2ccc(-c3cccc(F)c3)cc2)C1. The largest absolute Gasteiger partial charge is 0.347 e. The molecule has 2 aliphatic rings. The number of nitrogens with zero attached hydrogens (tertiary/aromatic N) is 3. The molecule has 6 nitrogen and oxygen atoms in total. The van der Waals surface area contributed by atoms with Gasteiger partial charge in [-0.2, -0.15) is 5.10 Å². The molecule has 1 aromatic heterocycles. The van der Waals surface area contributed by atoms with E-state index < -0.39 is 0 Å². The minimum Gasteiger partial charge on any atom is -0.342 e. The van der Waals surface area contributed by atoms with E-state index in [1.54, 1.807) is 10.6 Å². The Balaban J connectivity index is 1.34. The number of hydrogen-bond acceptors (Lipinski definition) is 3. The lowest BCUT2D eigenvalue weighted by Gasteiger charge is -2.16. The number of likely N-dealkylation sites (tertiary alicyclic amines) is 1. The predicted molar refractivity (Wildman–Crippen MR) is 111 cm³/mol. The molecule has 1 saturated carbocycles. The van der Waals surface area contributed by atoms with Gasteiger partial charge in [0.15, 0.2) is 0 Å². The summed E-state index contributed by atoms with van der Waals surface area (Å²) < 4.78 is 15.1. The summed E-state index contributed by atoms with van der Waals surface area (Å²) in [5.41, 5.74) is 2.09. The second-order valence-electron chi connectivity index (χ2n) is 8.25. The normalized spacial score (nSPS) is 18.7. The number of benzene rings is 2. The van der Waals surface area contributed by atoms with Crippen molar-refractivity contribution in [3.8, 4) is 16.8 Å². The average Bonchev–Trinajstić information content (AvgIpc) is 3.40. The van der Waals surface area contributed by atoms with Crippen molar-refractivity contribution < 1.29 is 9.18 Å². The van der Waals surface area contributed by atoms with Crippen LogP contribution in [0.25, 0.3) is 16.8 Å². The van der Waals surface area contributed by atoms with Crippen molar-refractivity contribution >= 4 is 5.91 Å². The molecule has 5 rings (SSSR count). The first kappa shape index (κ1) is 18.8. The van der Waals surface area contributed by atoms with E-state index in [9.17, 15) is 14.0 Å². The molecular weight excluding hydrogens is 383 g/mol. The predicted octanol–water partition coefficient (Wildman–Crippen LogP) is 3.17. The van der Waals surface area contributed by atoms with Crippen LogP contribution in [0.5, 0.6) is 0 Å². The Morgan fingerprint density at radius 1 is 1.10 bits per heavy atom. The Morgan fingerprint density at radius 3 is 2.63 bits per heavy atom. The van der Waals surface area contributed by atoms with E-state index in [2.05, 4.69) is 10.2 Å². The maximum atomic E-state index is 13.5. The molecule has 2 fully saturated rings. The van der Waals surface area contributed by atoms with Gasteiger partial charge in [0.25, 0.3) is 0 Å². The molecule has 7 heteroatoms. The van der Waals surface area contributed by atoms with Crippen LogP contribution < -0.4 is 5.69 Å². The van der Waals surface area contributed by atoms with Crippen LogP contribution in [0.15, 0.2) is 53.3 Å². The third kappa shape index (κ3) is 3.67. The fourth-order valence-corrected chi connectivity index (χ4v) is 4.25. The number of nitrogens with one attached hydrogen (secondary N) is 1. The fraction of sp³-hybridized carbons (Fsp3) is 0.348. The van der Waals surface area contributed by atoms with Crippen molar-refractivity contribution in [2.45, 2.75) is 25.7 Å². The molecule has 30 heavy (non-hydrogen) atoms. The highest BCUT2D eigenvalue weighted by Crippen LogP contribution is 2.33. The number of hydrogen-bond donors (Lipinski definition) is 1. The first-order valence-electron chi connectivity index (χ1n) is 10.4. The van der Waals surface area contributed by atoms with Gasteiger partial charge in [0.05, 0.1) is 5.69 Å². The number of halogens is 1. The van der Waals surface area contributed by atoms with Crippen molar-refractivity contribution in [1.82, 2.24) is 19.7 Å². The molecule has 154 valence electrons.